The molecule has 4 nitrogen and oxygen atoms in total. The quantitative estimate of drug-likeness (QED) is 0.566. The van der Waals surface area contributed by atoms with Crippen molar-refractivity contribution in [1.82, 2.24) is 0 Å². The summed E-state index contributed by atoms with van der Waals surface area (Å²) in [7, 11) is 0. The molecule has 1 atom stereocenters. The zero-order valence-corrected chi connectivity index (χ0v) is 16.2. The first-order valence-electron chi connectivity index (χ1n) is 8.54. The van der Waals surface area contributed by atoms with Crippen molar-refractivity contribution in [3.8, 4) is 11.5 Å². The van der Waals surface area contributed by atoms with Crippen molar-refractivity contribution in [3.63, 3.8) is 0 Å². The lowest BCUT2D eigenvalue weighted by Gasteiger charge is -2.15. The molecule has 0 heterocycles. The highest BCUT2D eigenvalue weighted by Crippen LogP contribution is 2.20. The minimum atomic E-state index is -0.598. The molecule has 1 N–H and O–H groups in total. The average molecular weight is 406 g/mol. The maximum atomic E-state index is 12.3. The predicted molar refractivity (Wildman–Crippen MR) is 104 cm³/mol. The Morgan fingerprint density at radius 3 is 2.56 bits per heavy atom. The van der Waals surface area contributed by atoms with Crippen LogP contribution in [0.25, 0.3) is 0 Å². The minimum Gasteiger partial charge on any atom is -0.494 e. The first kappa shape index (κ1) is 19.3. The first-order valence-corrected chi connectivity index (χ1v) is 9.33. The van der Waals surface area contributed by atoms with Gasteiger partial charge in [-0.2, -0.15) is 0 Å². The molecule has 0 unspecified atom stereocenters. The van der Waals surface area contributed by atoms with Gasteiger partial charge < -0.3 is 14.8 Å². The lowest BCUT2D eigenvalue weighted by Crippen LogP contribution is -2.30. The molecule has 0 saturated carbocycles. The largest absolute Gasteiger partial charge is 0.494 e. The van der Waals surface area contributed by atoms with Crippen LogP contribution in [-0.4, -0.2) is 18.6 Å². The van der Waals surface area contributed by atoms with Crippen LogP contribution < -0.4 is 14.8 Å². The molecular formula is C20H24BrNO3. The summed E-state index contributed by atoms with van der Waals surface area (Å²) in [6.07, 6.45) is 2.80. The number of hydrogen-bond acceptors (Lipinski definition) is 3. The highest BCUT2D eigenvalue weighted by molar-refractivity contribution is 9.10. The summed E-state index contributed by atoms with van der Waals surface area (Å²) in [6, 6.07) is 14.8. The fourth-order valence-corrected chi connectivity index (χ4v) is 2.60. The van der Waals surface area contributed by atoms with Gasteiger partial charge in [-0.05, 0) is 55.8 Å². The molecule has 0 saturated heterocycles. The van der Waals surface area contributed by atoms with Crippen LogP contribution in [0.15, 0.2) is 53.0 Å². The first-order chi connectivity index (χ1) is 12.1. The second-order valence-corrected chi connectivity index (χ2v) is 6.70. The van der Waals surface area contributed by atoms with Gasteiger partial charge in [-0.3, -0.25) is 4.79 Å². The van der Waals surface area contributed by atoms with Crippen LogP contribution in [0.3, 0.4) is 0 Å². The van der Waals surface area contributed by atoms with E-state index in [9.17, 15) is 4.79 Å². The number of amides is 1. The Morgan fingerprint density at radius 2 is 1.88 bits per heavy atom. The maximum Gasteiger partial charge on any atom is 0.265 e. The number of unbranched alkanes of at least 4 members (excludes halogenated alkanes) is 2. The SMILES string of the molecule is CCCCCOc1ccc(NC(=O)[C@H](C)Oc2cccc(Br)c2)cc1. The van der Waals surface area contributed by atoms with Crippen LogP contribution in [-0.2, 0) is 4.79 Å². The lowest BCUT2D eigenvalue weighted by atomic mass is 10.2. The Labute approximate surface area is 157 Å². The number of rotatable bonds is 9. The van der Waals surface area contributed by atoms with E-state index in [0.717, 1.165) is 28.9 Å². The normalized spacial score (nSPS) is 11.6. The minimum absolute atomic E-state index is 0.198. The Bertz CT molecular complexity index is 673. The van der Waals surface area contributed by atoms with Crippen molar-refractivity contribution in [2.75, 3.05) is 11.9 Å². The molecule has 0 spiro atoms. The van der Waals surface area contributed by atoms with E-state index < -0.39 is 6.10 Å². The second-order valence-electron chi connectivity index (χ2n) is 5.79. The average Bonchev–Trinajstić information content (AvgIpc) is 2.60. The Morgan fingerprint density at radius 1 is 1.12 bits per heavy atom. The van der Waals surface area contributed by atoms with Crippen LogP contribution in [0.4, 0.5) is 5.69 Å². The van der Waals surface area contributed by atoms with Crippen molar-refractivity contribution in [2.45, 2.75) is 39.2 Å². The fraction of sp³-hybridized carbons (Fsp3) is 0.350. The van der Waals surface area contributed by atoms with E-state index in [-0.39, 0.29) is 5.91 Å². The standard InChI is InChI=1S/C20H24BrNO3/c1-3-4-5-13-24-18-11-9-17(10-12-18)22-20(23)15(2)25-19-8-6-7-16(21)14-19/h6-12,14-15H,3-5,13H2,1-2H3,(H,22,23)/t15-/m0/s1. The van der Waals surface area contributed by atoms with E-state index in [4.69, 9.17) is 9.47 Å². The zero-order chi connectivity index (χ0) is 18.1. The molecule has 0 fully saturated rings. The molecule has 0 aliphatic heterocycles. The van der Waals surface area contributed by atoms with Gasteiger partial charge in [0.15, 0.2) is 6.10 Å². The van der Waals surface area contributed by atoms with Crippen LogP contribution in [0.1, 0.15) is 33.1 Å². The monoisotopic (exact) mass is 405 g/mol. The number of carbonyl (C=O) groups excluding carboxylic acids is 1. The summed E-state index contributed by atoms with van der Waals surface area (Å²) in [5, 5.41) is 2.85. The van der Waals surface area contributed by atoms with Crippen LogP contribution in [0, 0.1) is 0 Å². The van der Waals surface area contributed by atoms with E-state index >= 15 is 0 Å². The Hall–Kier alpha value is -2.01. The molecule has 0 bridgehead atoms. The third-order valence-electron chi connectivity index (χ3n) is 3.62. The van der Waals surface area contributed by atoms with E-state index in [1.54, 1.807) is 6.92 Å². The van der Waals surface area contributed by atoms with Crippen molar-refractivity contribution in [1.29, 1.82) is 0 Å². The van der Waals surface area contributed by atoms with E-state index in [0.29, 0.717) is 5.75 Å². The molecule has 5 heteroatoms. The predicted octanol–water partition coefficient (Wildman–Crippen LogP) is 5.42. The van der Waals surface area contributed by atoms with Gasteiger partial charge in [0, 0.05) is 10.2 Å². The van der Waals surface area contributed by atoms with Crippen LogP contribution in [0.2, 0.25) is 0 Å². The maximum absolute atomic E-state index is 12.3. The molecule has 0 aliphatic carbocycles. The van der Waals surface area contributed by atoms with Crippen molar-refractivity contribution in [2.24, 2.45) is 0 Å². The van der Waals surface area contributed by atoms with Crippen LogP contribution >= 0.6 is 15.9 Å². The van der Waals surface area contributed by atoms with Gasteiger partial charge in [-0.1, -0.05) is 41.8 Å². The summed E-state index contributed by atoms with van der Waals surface area (Å²) >= 11 is 3.38. The number of carbonyl (C=O) groups is 1. The van der Waals surface area contributed by atoms with Gasteiger partial charge >= 0.3 is 0 Å². The van der Waals surface area contributed by atoms with Crippen molar-refractivity contribution in [3.05, 3.63) is 53.0 Å². The summed E-state index contributed by atoms with van der Waals surface area (Å²) in [6.45, 7) is 4.61. The molecule has 0 radical (unpaired) electrons. The summed E-state index contributed by atoms with van der Waals surface area (Å²) in [4.78, 5) is 12.3. The van der Waals surface area contributed by atoms with Gasteiger partial charge in [-0.15, -0.1) is 0 Å². The molecular weight excluding hydrogens is 382 g/mol. The lowest BCUT2D eigenvalue weighted by molar-refractivity contribution is -0.122. The Kier molecular flexibility index (Phi) is 7.79. The van der Waals surface area contributed by atoms with E-state index in [1.165, 1.54) is 12.8 Å². The number of nitrogens with one attached hydrogen (secondary N) is 1. The van der Waals surface area contributed by atoms with Crippen molar-refractivity contribution < 1.29 is 14.3 Å². The van der Waals surface area contributed by atoms with Gasteiger partial charge in [-0.25, -0.2) is 0 Å². The molecule has 134 valence electrons. The fourth-order valence-electron chi connectivity index (χ4n) is 2.22. The molecule has 2 aromatic carbocycles. The number of ether oxygens (including phenoxy) is 2. The molecule has 25 heavy (non-hydrogen) atoms. The highest BCUT2D eigenvalue weighted by Gasteiger charge is 2.15. The smallest absolute Gasteiger partial charge is 0.265 e. The molecule has 1 amide bonds. The van der Waals surface area contributed by atoms with E-state index in [2.05, 4.69) is 28.2 Å². The molecule has 0 aliphatic rings. The van der Waals surface area contributed by atoms with Gasteiger partial charge in [0.1, 0.15) is 11.5 Å². The van der Waals surface area contributed by atoms with Gasteiger partial charge in [0.25, 0.3) is 5.91 Å². The Balaban J connectivity index is 1.83. The second kappa shape index (κ2) is 10.1. The molecule has 2 aromatic rings. The van der Waals surface area contributed by atoms with Crippen LogP contribution in [0.5, 0.6) is 11.5 Å². The zero-order valence-electron chi connectivity index (χ0n) is 14.6. The number of halogens is 1. The molecule has 0 aromatic heterocycles. The third-order valence-corrected chi connectivity index (χ3v) is 4.11. The van der Waals surface area contributed by atoms with E-state index in [1.807, 2.05) is 48.5 Å². The summed E-state index contributed by atoms with van der Waals surface area (Å²) in [5.41, 5.74) is 0.718. The number of hydrogen-bond donors (Lipinski definition) is 1. The molecule has 2 rings (SSSR count). The third kappa shape index (κ3) is 6.78. The number of anilines is 1. The van der Waals surface area contributed by atoms with Gasteiger partial charge in [0.2, 0.25) is 0 Å². The number of benzene rings is 2. The van der Waals surface area contributed by atoms with Gasteiger partial charge in [0.05, 0.1) is 6.61 Å². The van der Waals surface area contributed by atoms with Crippen molar-refractivity contribution >= 4 is 27.5 Å². The summed E-state index contributed by atoms with van der Waals surface area (Å²) in [5.74, 6) is 1.26. The highest BCUT2D eigenvalue weighted by atomic mass is 79.9. The topological polar surface area (TPSA) is 47.6 Å². The summed E-state index contributed by atoms with van der Waals surface area (Å²) < 4.78 is 12.2.